The van der Waals surface area contributed by atoms with Crippen LogP contribution in [0.5, 0.6) is 0 Å². The highest BCUT2D eigenvalue weighted by Gasteiger charge is 2.34. The van der Waals surface area contributed by atoms with Crippen LogP contribution in [-0.2, 0) is 0 Å². The van der Waals surface area contributed by atoms with Crippen molar-refractivity contribution >= 4 is 0 Å². The smallest absolute Gasteiger partial charge is 0.0675 e. The summed E-state index contributed by atoms with van der Waals surface area (Å²) < 4.78 is 0. The summed E-state index contributed by atoms with van der Waals surface area (Å²) in [4.78, 5) is 0. The van der Waals surface area contributed by atoms with Crippen molar-refractivity contribution in [1.82, 2.24) is 0 Å². The van der Waals surface area contributed by atoms with E-state index in [9.17, 15) is 5.11 Å². The zero-order chi connectivity index (χ0) is 18.1. The van der Waals surface area contributed by atoms with Crippen molar-refractivity contribution in [2.45, 2.75) is 142 Å². The molecule has 0 aliphatic carbocycles. The molecule has 0 saturated carbocycles. The zero-order valence-electron chi connectivity index (χ0n) is 17.5. The monoisotopic (exact) mass is 340 g/mol. The summed E-state index contributed by atoms with van der Waals surface area (Å²) in [6.45, 7) is 9.06. The molecule has 0 aromatic rings. The zero-order valence-corrected chi connectivity index (χ0v) is 17.5. The van der Waals surface area contributed by atoms with E-state index < -0.39 is 0 Å². The van der Waals surface area contributed by atoms with E-state index in [0.29, 0.717) is 5.92 Å². The molecule has 146 valence electrons. The van der Waals surface area contributed by atoms with Crippen LogP contribution in [0.1, 0.15) is 137 Å². The van der Waals surface area contributed by atoms with Crippen LogP contribution in [0.2, 0.25) is 0 Å². The van der Waals surface area contributed by atoms with Crippen molar-refractivity contribution in [1.29, 1.82) is 0 Å². The Balaban J connectivity index is 4.56. The lowest BCUT2D eigenvalue weighted by Crippen LogP contribution is -2.38. The Morgan fingerprint density at radius 2 is 0.917 bits per heavy atom. The van der Waals surface area contributed by atoms with Gasteiger partial charge in [-0.15, -0.1) is 0 Å². The minimum absolute atomic E-state index is 0.386. The Kier molecular flexibility index (Phi) is 16.4. The van der Waals surface area contributed by atoms with Crippen LogP contribution in [0.4, 0.5) is 0 Å². The maximum absolute atomic E-state index is 11.5. The van der Waals surface area contributed by atoms with E-state index in [4.69, 9.17) is 0 Å². The van der Waals surface area contributed by atoms with Gasteiger partial charge in [0, 0.05) is 0 Å². The van der Waals surface area contributed by atoms with Gasteiger partial charge >= 0.3 is 0 Å². The molecule has 24 heavy (non-hydrogen) atoms. The second-order valence-corrected chi connectivity index (χ2v) is 8.06. The Hall–Kier alpha value is -0.0400. The molecule has 0 aromatic heterocycles. The van der Waals surface area contributed by atoms with Crippen LogP contribution < -0.4 is 0 Å². The van der Waals surface area contributed by atoms with Gasteiger partial charge < -0.3 is 5.11 Å². The first-order chi connectivity index (χ1) is 11.6. The second-order valence-electron chi connectivity index (χ2n) is 8.06. The highest BCUT2D eigenvalue weighted by atomic mass is 16.3. The summed E-state index contributed by atoms with van der Waals surface area (Å²) in [6.07, 6.45) is 21.4. The topological polar surface area (TPSA) is 20.2 Å². The van der Waals surface area contributed by atoms with Gasteiger partial charge in [-0.1, -0.05) is 111 Å². The van der Waals surface area contributed by atoms with Gasteiger partial charge in [-0.25, -0.2) is 0 Å². The average Bonchev–Trinajstić information content (AvgIpc) is 2.59. The molecule has 0 aromatic carbocycles. The molecule has 0 rings (SSSR count). The number of hydrogen-bond acceptors (Lipinski definition) is 1. The highest BCUT2D eigenvalue weighted by molar-refractivity contribution is 4.86. The maximum Gasteiger partial charge on any atom is 0.0675 e. The summed E-state index contributed by atoms with van der Waals surface area (Å²) in [7, 11) is 0. The molecule has 1 atom stereocenters. The Labute approximate surface area is 154 Å². The molecule has 0 aliphatic rings. The maximum atomic E-state index is 11.5. The third-order valence-electron chi connectivity index (χ3n) is 5.75. The average molecular weight is 341 g/mol. The summed E-state index contributed by atoms with van der Waals surface area (Å²) in [5.41, 5.74) is -0.386. The fraction of sp³-hybridized carbons (Fsp3) is 1.00. The minimum Gasteiger partial charge on any atom is -0.390 e. The van der Waals surface area contributed by atoms with Gasteiger partial charge in [0.25, 0.3) is 0 Å². The molecule has 0 amide bonds. The predicted molar refractivity (Wildman–Crippen MR) is 110 cm³/mol. The molecule has 0 spiro atoms. The van der Waals surface area contributed by atoms with Crippen molar-refractivity contribution in [3.05, 3.63) is 0 Å². The van der Waals surface area contributed by atoms with Crippen LogP contribution in [0.25, 0.3) is 0 Å². The molecule has 0 radical (unpaired) electrons. The number of hydrogen-bond donors (Lipinski definition) is 1. The highest BCUT2D eigenvalue weighted by Crippen LogP contribution is 2.36. The van der Waals surface area contributed by atoms with E-state index in [1.807, 2.05) is 0 Å². The van der Waals surface area contributed by atoms with Gasteiger partial charge in [0.05, 0.1) is 5.60 Å². The largest absolute Gasteiger partial charge is 0.390 e. The molecule has 1 N–H and O–H groups in total. The number of rotatable bonds is 18. The summed E-state index contributed by atoms with van der Waals surface area (Å²) >= 11 is 0. The van der Waals surface area contributed by atoms with E-state index >= 15 is 0 Å². The molecular weight excluding hydrogens is 292 g/mol. The standard InChI is InChI=1S/C23H48O/c1-5-9-13-14-15-17-19-22(18-16-10-6-2)23(24,20-11-7-3)21-12-8-4/h22,24H,5-21H2,1-4H3. The first kappa shape index (κ1) is 24.0. The quantitative estimate of drug-likeness (QED) is 0.250. The van der Waals surface area contributed by atoms with Crippen molar-refractivity contribution in [3.8, 4) is 0 Å². The first-order valence-corrected chi connectivity index (χ1v) is 11.4. The first-order valence-electron chi connectivity index (χ1n) is 11.4. The third-order valence-corrected chi connectivity index (χ3v) is 5.75. The van der Waals surface area contributed by atoms with Gasteiger partial charge in [0.15, 0.2) is 0 Å². The van der Waals surface area contributed by atoms with Gasteiger partial charge in [-0.05, 0) is 31.6 Å². The SMILES string of the molecule is CCCCCCCCC(CCCCC)C(O)(CCCC)CCCC. The normalized spacial score (nSPS) is 13.4. The van der Waals surface area contributed by atoms with Gasteiger partial charge in [0.2, 0.25) is 0 Å². The van der Waals surface area contributed by atoms with Crippen LogP contribution in [-0.4, -0.2) is 10.7 Å². The Morgan fingerprint density at radius 1 is 0.542 bits per heavy atom. The van der Waals surface area contributed by atoms with E-state index in [0.717, 1.165) is 12.8 Å². The second kappa shape index (κ2) is 16.4. The number of aliphatic hydroxyl groups is 1. The Bertz CT molecular complexity index is 240. The Morgan fingerprint density at radius 3 is 1.42 bits per heavy atom. The van der Waals surface area contributed by atoms with Crippen molar-refractivity contribution in [3.63, 3.8) is 0 Å². The van der Waals surface area contributed by atoms with Gasteiger partial charge in [-0.2, -0.15) is 0 Å². The van der Waals surface area contributed by atoms with Crippen LogP contribution in [0.3, 0.4) is 0 Å². The fourth-order valence-electron chi connectivity index (χ4n) is 3.99. The summed E-state index contributed by atoms with van der Waals surface area (Å²) in [6, 6.07) is 0. The van der Waals surface area contributed by atoms with E-state index in [2.05, 4.69) is 27.7 Å². The molecule has 1 nitrogen and oxygen atoms in total. The van der Waals surface area contributed by atoms with Crippen LogP contribution >= 0.6 is 0 Å². The predicted octanol–water partition coefficient (Wildman–Crippen LogP) is 8.05. The summed E-state index contributed by atoms with van der Waals surface area (Å²) in [5, 5.41) is 11.5. The molecule has 1 unspecified atom stereocenters. The molecule has 0 bridgehead atoms. The van der Waals surface area contributed by atoms with E-state index in [1.54, 1.807) is 0 Å². The van der Waals surface area contributed by atoms with Crippen LogP contribution in [0, 0.1) is 5.92 Å². The van der Waals surface area contributed by atoms with Gasteiger partial charge in [-0.3, -0.25) is 0 Å². The van der Waals surface area contributed by atoms with Crippen LogP contribution in [0.15, 0.2) is 0 Å². The fourth-order valence-corrected chi connectivity index (χ4v) is 3.99. The van der Waals surface area contributed by atoms with E-state index in [1.165, 1.54) is 96.3 Å². The van der Waals surface area contributed by atoms with Gasteiger partial charge in [0.1, 0.15) is 0 Å². The molecule has 0 saturated heterocycles. The molecule has 1 heteroatoms. The number of unbranched alkanes of at least 4 members (excludes halogenated alkanes) is 9. The minimum atomic E-state index is -0.386. The lowest BCUT2D eigenvalue weighted by Gasteiger charge is -2.37. The molecule has 0 aliphatic heterocycles. The van der Waals surface area contributed by atoms with Crippen molar-refractivity contribution in [2.75, 3.05) is 0 Å². The molecule has 0 heterocycles. The van der Waals surface area contributed by atoms with Crippen molar-refractivity contribution < 1.29 is 5.11 Å². The van der Waals surface area contributed by atoms with E-state index in [-0.39, 0.29) is 5.60 Å². The lowest BCUT2D eigenvalue weighted by atomic mass is 9.74. The lowest BCUT2D eigenvalue weighted by molar-refractivity contribution is -0.0450. The molecular formula is C23H48O. The molecule has 0 fully saturated rings. The third kappa shape index (κ3) is 11.5. The van der Waals surface area contributed by atoms with Crippen molar-refractivity contribution in [2.24, 2.45) is 5.92 Å². The summed E-state index contributed by atoms with van der Waals surface area (Å²) in [5.74, 6) is 0.535.